The Morgan fingerprint density at radius 3 is 2.56 bits per heavy atom. The number of hydrogen-bond acceptors (Lipinski definition) is 6. The molecule has 0 saturated carbocycles. The van der Waals surface area contributed by atoms with E-state index in [1.54, 1.807) is 24.3 Å². The van der Waals surface area contributed by atoms with Gasteiger partial charge in [0.05, 0.1) is 31.5 Å². The number of H-pyrrole nitrogens is 1. The van der Waals surface area contributed by atoms with Crippen LogP contribution in [0.25, 0.3) is 11.3 Å². The molecule has 2 atom stereocenters. The summed E-state index contributed by atoms with van der Waals surface area (Å²) < 4.78 is 70.3. The lowest BCUT2D eigenvalue weighted by atomic mass is 10.0. The van der Waals surface area contributed by atoms with Gasteiger partial charge >= 0.3 is 12.1 Å². The molecule has 3 N–H and O–H groups in total. The van der Waals surface area contributed by atoms with E-state index in [2.05, 4.69) is 9.97 Å². The molecule has 3 aromatic rings. The van der Waals surface area contributed by atoms with Crippen molar-refractivity contribution in [1.82, 2.24) is 20.0 Å². The summed E-state index contributed by atoms with van der Waals surface area (Å²) in [5, 5.41) is 0.919. The topological polar surface area (TPSA) is 130 Å². The summed E-state index contributed by atoms with van der Waals surface area (Å²) in [5.41, 5.74) is 2.07. The number of nitrogens with zero attached hydrogens (tertiary/aromatic N) is 1. The molecular formula is C23H21F3N4O5S. The van der Waals surface area contributed by atoms with E-state index in [-0.39, 0.29) is 18.7 Å². The van der Waals surface area contributed by atoms with Crippen LogP contribution in [0.15, 0.2) is 54.7 Å². The van der Waals surface area contributed by atoms with E-state index >= 15 is 0 Å². The van der Waals surface area contributed by atoms with Crippen molar-refractivity contribution in [1.29, 1.82) is 0 Å². The van der Waals surface area contributed by atoms with Crippen LogP contribution in [0.4, 0.5) is 13.2 Å². The van der Waals surface area contributed by atoms with Gasteiger partial charge in [-0.15, -0.1) is 0 Å². The van der Waals surface area contributed by atoms with E-state index in [1.165, 1.54) is 37.6 Å². The molecule has 0 spiro atoms. The molecule has 1 fully saturated rings. The summed E-state index contributed by atoms with van der Waals surface area (Å²) in [7, 11) is -2.33. The third-order valence-electron chi connectivity index (χ3n) is 5.66. The number of sulfonamides is 1. The van der Waals surface area contributed by atoms with Crippen molar-refractivity contribution >= 4 is 21.8 Å². The first-order valence-corrected chi connectivity index (χ1v) is 12.2. The van der Waals surface area contributed by atoms with Crippen molar-refractivity contribution in [3.05, 3.63) is 71.7 Å². The Kier molecular flexibility index (Phi) is 6.76. The van der Waals surface area contributed by atoms with Gasteiger partial charge in [-0.25, -0.2) is 13.4 Å². The maximum Gasteiger partial charge on any atom is 0.471 e. The fraction of sp³-hybridized carbons (Fsp3) is 0.261. The lowest BCUT2D eigenvalue weighted by molar-refractivity contribution is -0.174. The van der Waals surface area contributed by atoms with Crippen molar-refractivity contribution < 1.29 is 35.9 Å². The second-order valence-corrected chi connectivity index (χ2v) is 10.0. The van der Waals surface area contributed by atoms with Crippen LogP contribution in [-0.4, -0.2) is 43.5 Å². The number of carbonyl (C=O) groups excluding carboxylic acids is 2. The second-order valence-electron chi connectivity index (χ2n) is 8.15. The molecule has 1 aliphatic rings. The highest BCUT2D eigenvalue weighted by Crippen LogP contribution is 2.31. The van der Waals surface area contributed by atoms with Gasteiger partial charge in [0.2, 0.25) is 15.9 Å². The molecule has 2 heterocycles. The van der Waals surface area contributed by atoms with Gasteiger partial charge in [0, 0.05) is 5.56 Å². The van der Waals surface area contributed by atoms with Crippen molar-refractivity contribution in [2.45, 2.75) is 30.3 Å². The molecule has 1 aliphatic heterocycles. The van der Waals surface area contributed by atoms with Gasteiger partial charge < -0.3 is 15.0 Å². The van der Waals surface area contributed by atoms with E-state index in [1.807, 2.05) is 10.0 Å². The summed E-state index contributed by atoms with van der Waals surface area (Å²) in [6.07, 6.45) is -3.94. The summed E-state index contributed by atoms with van der Waals surface area (Å²) in [4.78, 5) is 30.4. The molecule has 0 radical (unpaired) electrons. The maximum atomic E-state index is 13.0. The smallest absolute Gasteiger partial charge is 0.471 e. The standard InChI is InChI=1S/C23H21F3N4O5S/c1-35-16-4-2-3-15(10-16)18-12-27-21(28-18)17(29-22(32)23(24,25)26)9-13-5-7-14(8-6-13)19-11-20(31)30-36(19,33)34/h2-8,10,12,17,19H,9,11H2,1H3,(H,27,28)(H,29,32)(H,30,31). The number of nitrogens with one attached hydrogen (secondary N) is 3. The van der Waals surface area contributed by atoms with Crippen molar-refractivity contribution in [2.75, 3.05) is 7.11 Å². The highest BCUT2D eigenvalue weighted by Gasteiger charge is 2.40. The van der Waals surface area contributed by atoms with Crippen LogP contribution in [0.1, 0.15) is 34.7 Å². The molecule has 2 amide bonds. The van der Waals surface area contributed by atoms with Gasteiger partial charge in [-0.1, -0.05) is 36.4 Å². The van der Waals surface area contributed by atoms with Crippen LogP contribution < -0.4 is 14.8 Å². The second kappa shape index (κ2) is 9.64. The number of aromatic amines is 1. The Labute approximate surface area is 204 Å². The highest BCUT2D eigenvalue weighted by molar-refractivity contribution is 7.90. The lowest BCUT2D eigenvalue weighted by Crippen LogP contribution is -2.40. The quantitative estimate of drug-likeness (QED) is 0.438. The third-order valence-corrected chi connectivity index (χ3v) is 7.36. The SMILES string of the molecule is COc1cccc(-c2cnc(C(Cc3ccc(C4CC(=O)NS4(=O)=O)cc3)NC(=O)C(F)(F)F)[nH]2)c1. The fourth-order valence-electron chi connectivity index (χ4n) is 3.86. The Morgan fingerprint density at radius 2 is 1.94 bits per heavy atom. The number of alkyl halides is 3. The minimum Gasteiger partial charge on any atom is -0.497 e. The number of halogens is 3. The Morgan fingerprint density at radius 1 is 1.22 bits per heavy atom. The molecule has 13 heteroatoms. The van der Waals surface area contributed by atoms with Crippen LogP contribution in [0.3, 0.4) is 0 Å². The van der Waals surface area contributed by atoms with Gasteiger partial charge in [0.15, 0.2) is 0 Å². The summed E-state index contributed by atoms with van der Waals surface area (Å²) >= 11 is 0. The molecular weight excluding hydrogens is 501 g/mol. The van der Waals surface area contributed by atoms with Gasteiger partial charge in [0.25, 0.3) is 0 Å². The van der Waals surface area contributed by atoms with Crippen LogP contribution in [-0.2, 0) is 26.0 Å². The van der Waals surface area contributed by atoms with Crippen molar-refractivity contribution in [3.63, 3.8) is 0 Å². The van der Waals surface area contributed by atoms with Crippen LogP contribution in [0, 0.1) is 0 Å². The first kappa shape index (κ1) is 25.2. The number of ether oxygens (including phenoxy) is 1. The first-order valence-electron chi connectivity index (χ1n) is 10.7. The molecule has 4 rings (SSSR count). The number of amides is 2. The van der Waals surface area contributed by atoms with Crippen LogP contribution in [0.5, 0.6) is 5.75 Å². The fourth-order valence-corrected chi connectivity index (χ4v) is 5.29. The molecule has 36 heavy (non-hydrogen) atoms. The Bertz CT molecular complexity index is 1390. The highest BCUT2D eigenvalue weighted by atomic mass is 32.2. The molecule has 1 saturated heterocycles. The first-order chi connectivity index (χ1) is 17.0. The van der Waals surface area contributed by atoms with E-state index < -0.39 is 39.3 Å². The Hall–Kier alpha value is -3.87. The average Bonchev–Trinajstić information content (AvgIpc) is 3.42. The zero-order valence-electron chi connectivity index (χ0n) is 18.8. The summed E-state index contributed by atoms with van der Waals surface area (Å²) in [6, 6.07) is 11.8. The van der Waals surface area contributed by atoms with Gasteiger partial charge in [-0.2, -0.15) is 13.2 Å². The molecule has 2 aromatic carbocycles. The van der Waals surface area contributed by atoms with Gasteiger partial charge in [0.1, 0.15) is 16.8 Å². The number of aromatic nitrogens is 2. The number of methoxy groups -OCH3 is 1. The predicted molar refractivity (Wildman–Crippen MR) is 122 cm³/mol. The van der Waals surface area contributed by atoms with Crippen LogP contribution in [0.2, 0.25) is 0 Å². The van der Waals surface area contributed by atoms with E-state index in [9.17, 15) is 31.2 Å². The number of carbonyl (C=O) groups is 2. The third kappa shape index (κ3) is 5.51. The normalized spacial score (nSPS) is 17.9. The van der Waals surface area contributed by atoms with Crippen molar-refractivity contribution in [2.24, 2.45) is 0 Å². The Balaban J connectivity index is 1.59. The maximum absolute atomic E-state index is 13.0. The molecule has 190 valence electrons. The predicted octanol–water partition coefficient (Wildman–Crippen LogP) is 2.94. The van der Waals surface area contributed by atoms with E-state index in [0.717, 1.165) is 0 Å². The summed E-state index contributed by atoms with van der Waals surface area (Å²) in [5.74, 6) is -2.05. The molecule has 1 aromatic heterocycles. The molecule has 0 aliphatic carbocycles. The summed E-state index contributed by atoms with van der Waals surface area (Å²) in [6.45, 7) is 0. The van der Waals surface area contributed by atoms with Crippen LogP contribution >= 0.6 is 0 Å². The van der Waals surface area contributed by atoms with Gasteiger partial charge in [-0.3, -0.25) is 14.3 Å². The zero-order chi connectivity index (χ0) is 26.1. The number of imidazole rings is 1. The lowest BCUT2D eigenvalue weighted by Gasteiger charge is -2.18. The van der Waals surface area contributed by atoms with Crippen molar-refractivity contribution in [3.8, 4) is 17.0 Å². The molecule has 0 bridgehead atoms. The van der Waals surface area contributed by atoms with Gasteiger partial charge in [-0.05, 0) is 29.7 Å². The van der Waals surface area contributed by atoms with E-state index in [0.29, 0.717) is 28.1 Å². The number of rotatable bonds is 7. The molecule has 2 unspecified atom stereocenters. The minimum absolute atomic E-state index is 0.0677. The minimum atomic E-state index is -5.10. The molecule has 9 nitrogen and oxygen atoms in total. The number of hydrogen-bond donors (Lipinski definition) is 3. The average molecular weight is 523 g/mol. The van der Waals surface area contributed by atoms with E-state index in [4.69, 9.17) is 4.74 Å². The monoisotopic (exact) mass is 522 g/mol. The number of benzene rings is 2. The zero-order valence-corrected chi connectivity index (χ0v) is 19.6. The largest absolute Gasteiger partial charge is 0.497 e.